The highest BCUT2D eigenvalue weighted by Crippen LogP contribution is 2.34. The highest BCUT2D eigenvalue weighted by molar-refractivity contribution is 5.92. The maximum Gasteiger partial charge on any atom is 0.331 e. The molecule has 1 fully saturated rings. The number of carboxylic acid groups (broad SMARTS) is 1. The Kier molecular flexibility index (Phi) is 5.69. The molecule has 7 nitrogen and oxygen atoms in total. The van der Waals surface area contributed by atoms with Gasteiger partial charge in [-0.2, -0.15) is 0 Å². The van der Waals surface area contributed by atoms with Gasteiger partial charge in [0.15, 0.2) is 0 Å². The maximum atomic E-state index is 11.7. The Morgan fingerprint density at radius 2 is 2.11 bits per heavy atom. The molecule has 1 saturated carbocycles. The molecule has 1 heterocycles. The molecule has 0 unspecified atom stereocenters. The number of benzene rings is 1. The second kappa shape index (κ2) is 8.16. The van der Waals surface area contributed by atoms with Crippen molar-refractivity contribution in [3.8, 4) is 5.69 Å². The van der Waals surface area contributed by atoms with Gasteiger partial charge in [-0.1, -0.05) is 32.3 Å². The molecule has 0 saturated heterocycles. The summed E-state index contributed by atoms with van der Waals surface area (Å²) in [6.07, 6.45) is 10.9. The Balaban J connectivity index is 2.03. The van der Waals surface area contributed by atoms with E-state index < -0.39 is 10.9 Å². The van der Waals surface area contributed by atoms with Crippen LogP contribution < -0.4 is 0 Å². The van der Waals surface area contributed by atoms with Gasteiger partial charge in [-0.15, -0.1) is 0 Å². The molecule has 7 heteroatoms. The van der Waals surface area contributed by atoms with Gasteiger partial charge in [-0.3, -0.25) is 14.7 Å². The summed E-state index contributed by atoms with van der Waals surface area (Å²) in [7, 11) is 0. The van der Waals surface area contributed by atoms with E-state index in [0.717, 1.165) is 31.5 Å². The Morgan fingerprint density at radius 1 is 1.37 bits per heavy atom. The zero-order valence-corrected chi connectivity index (χ0v) is 15.3. The van der Waals surface area contributed by atoms with Crippen molar-refractivity contribution >= 4 is 17.7 Å². The number of nitro benzene ring substituents is 1. The fourth-order valence-corrected chi connectivity index (χ4v) is 3.68. The third-order valence-electron chi connectivity index (χ3n) is 5.09. The first-order chi connectivity index (χ1) is 13.0. The number of aromatic nitrogens is 2. The fraction of sp³-hybridized carbons (Fsp3) is 0.400. The number of nitrogens with zero attached hydrogens (tertiary/aromatic N) is 3. The van der Waals surface area contributed by atoms with Crippen molar-refractivity contribution in [3.05, 3.63) is 57.7 Å². The number of imidazole rings is 1. The van der Waals surface area contributed by atoms with E-state index in [1.807, 2.05) is 0 Å². The van der Waals surface area contributed by atoms with E-state index in [1.165, 1.54) is 18.6 Å². The van der Waals surface area contributed by atoms with E-state index in [9.17, 15) is 20.0 Å². The van der Waals surface area contributed by atoms with Crippen molar-refractivity contribution in [3.63, 3.8) is 0 Å². The fourth-order valence-electron chi connectivity index (χ4n) is 3.68. The molecule has 0 atom stereocenters. The Morgan fingerprint density at radius 3 is 2.74 bits per heavy atom. The molecule has 0 amide bonds. The van der Waals surface area contributed by atoms with Crippen LogP contribution in [-0.2, 0) is 4.79 Å². The molecule has 1 aliphatic rings. The van der Waals surface area contributed by atoms with Gasteiger partial charge in [0.05, 0.1) is 4.92 Å². The summed E-state index contributed by atoms with van der Waals surface area (Å²) in [4.78, 5) is 26.9. The number of carbonyl (C=O) groups is 1. The van der Waals surface area contributed by atoms with Crippen LogP contribution in [0.2, 0.25) is 0 Å². The lowest BCUT2D eigenvalue weighted by Gasteiger charge is -2.22. The quantitative estimate of drug-likeness (QED) is 0.452. The second-order valence-electron chi connectivity index (χ2n) is 6.82. The number of carboxylic acids is 1. The van der Waals surface area contributed by atoms with Crippen LogP contribution in [0.4, 0.5) is 5.69 Å². The van der Waals surface area contributed by atoms with Gasteiger partial charge >= 0.3 is 5.97 Å². The molecule has 3 rings (SSSR count). The predicted octanol–water partition coefficient (Wildman–Crippen LogP) is 4.71. The summed E-state index contributed by atoms with van der Waals surface area (Å²) < 4.78 is 1.81. The van der Waals surface area contributed by atoms with Crippen molar-refractivity contribution in [2.24, 2.45) is 0 Å². The van der Waals surface area contributed by atoms with Crippen molar-refractivity contribution in [1.29, 1.82) is 0 Å². The number of aliphatic carboxylic acids is 1. The minimum absolute atomic E-state index is 0.0559. The lowest BCUT2D eigenvalue weighted by Crippen LogP contribution is -2.12. The average Bonchev–Trinajstić information content (AvgIpc) is 3.16. The van der Waals surface area contributed by atoms with E-state index in [1.54, 1.807) is 36.0 Å². The molecule has 1 aromatic carbocycles. The first-order valence-electron chi connectivity index (χ1n) is 9.27. The molecule has 142 valence electrons. The first kappa shape index (κ1) is 18.8. The van der Waals surface area contributed by atoms with Crippen LogP contribution in [0.5, 0.6) is 0 Å². The predicted molar refractivity (Wildman–Crippen MR) is 102 cm³/mol. The summed E-state index contributed by atoms with van der Waals surface area (Å²) in [6.45, 7) is 1.74. The molecule has 1 aromatic heterocycles. The second-order valence-corrected chi connectivity index (χ2v) is 6.82. The minimum atomic E-state index is -1.02. The standard InChI is InChI=1S/C20H23N3O4/c1-2-15(20(24)25)12-14-8-9-17(18(13-14)23(26)27)22-11-10-21-19(22)16-6-4-3-5-7-16/h8-13,16H,2-7H2,1H3,(H,24,25). The van der Waals surface area contributed by atoms with Crippen LogP contribution in [0, 0.1) is 10.1 Å². The van der Waals surface area contributed by atoms with Crippen molar-refractivity contribution in [1.82, 2.24) is 9.55 Å². The van der Waals surface area contributed by atoms with Crippen molar-refractivity contribution < 1.29 is 14.8 Å². The lowest BCUT2D eigenvalue weighted by molar-refractivity contribution is -0.384. The Hall–Kier alpha value is -2.96. The van der Waals surface area contributed by atoms with E-state index >= 15 is 0 Å². The first-order valence-corrected chi connectivity index (χ1v) is 9.27. The molecular weight excluding hydrogens is 346 g/mol. The normalized spacial score (nSPS) is 15.7. The topological polar surface area (TPSA) is 98.3 Å². The third-order valence-corrected chi connectivity index (χ3v) is 5.09. The zero-order valence-electron chi connectivity index (χ0n) is 15.3. The number of nitro groups is 1. The van der Waals surface area contributed by atoms with Crippen LogP contribution in [-0.4, -0.2) is 25.6 Å². The highest BCUT2D eigenvalue weighted by atomic mass is 16.6. The van der Waals surface area contributed by atoms with Crippen LogP contribution >= 0.6 is 0 Å². The van der Waals surface area contributed by atoms with Crippen LogP contribution in [0.15, 0.2) is 36.2 Å². The van der Waals surface area contributed by atoms with E-state index in [4.69, 9.17) is 0 Å². The average molecular weight is 369 g/mol. The van der Waals surface area contributed by atoms with Gasteiger partial charge in [-0.25, -0.2) is 9.78 Å². The van der Waals surface area contributed by atoms with Gasteiger partial charge in [0.2, 0.25) is 0 Å². The summed E-state index contributed by atoms with van der Waals surface area (Å²) in [5.74, 6) is 0.158. The molecular formula is C20H23N3O4. The van der Waals surface area contributed by atoms with Crippen LogP contribution in [0.3, 0.4) is 0 Å². The third kappa shape index (κ3) is 4.07. The Labute approximate surface area is 157 Å². The summed E-state index contributed by atoms with van der Waals surface area (Å²) in [5.41, 5.74) is 1.12. The largest absolute Gasteiger partial charge is 0.478 e. The van der Waals surface area contributed by atoms with Crippen molar-refractivity contribution in [2.45, 2.75) is 51.4 Å². The van der Waals surface area contributed by atoms with Gasteiger partial charge in [-0.05, 0) is 37.0 Å². The minimum Gasteiger partial charge on any atom is -0.478 e. The highest BCUT2D eigenvalue weighted by Gasteiger charge is 2.24. The van der Waals surface area contributed by atoms with Crippen molar-refractivity contribution in [2.75, 3.05) is 0 Å². The maximum absolute atomic E-state index is 11.7. The summed E-state index contributed by atoms with van der Waals surface area (Å²) in [6, 6.07) is 4.82. The lowest BCUT2D eigenvalue weighted by atomic mass is 9.88. The molecule has 1 aliphatic carbocycles. The van der Waals surface area contributed by atoms with Gasteiger partial charge in [0.1, 0.15) is 11.5 Å². The van der Waals surface area contributed by atoms with E-state index in [0.29, 0.717) is 23.6 Å². The van der Waals surface area contributed by atoms with E-state index in [-0.39, 0.29) is 11.3 Å². The van der Waals surface area contributed by atoms with Crippen LogP contribution in [0.25, 0.3) is 11.8 Å². The summed E-state index contributed by atoms with van der Waals surface area (Å²) >= 11 is 0. The molecule has 2 aromatic rings. The molecule has 0 aliphatic heterocycles. The molecule has 0 radical (unpaired) electrons. The van der Waals surface area contributed by atoms with Gasteiger partial charge in [0.25, 0.3) is 5.69 Å². The number of rotatable bonds is 6. The number of hydrogen-bond acceptors (Lipinski definition) is 4. The number of hydrogen-bond donors (Lipinski definition) is 1. The molecule has 0 spiro atoms. The SMILES string of the molecule is CCC(=Cc1ccc(-n2ccnc2C2CCCCC2)c([N+](=O)[O-])c1)C(=O)O. The zero-order chi connectivity index (χ0) is 19.4. The van der Waals surface area contributed by atoms with Gasteiger partial charge < -0.3 is 5.11 Å². The molecule has 0 bridgehead atoms. The summed E-state index contributed by atoms with van der Waals surface area (Å²) in [5, 5.41) is 20.9. The monoisotopic (exact) mass is 369 g/mol. The van der Waals surface area contributed by atoms with Crippen LogP contribution in [0.1, 0.15) is 62.8 Å². The molecule has 27 heavy (non-hydrogen) atoms. The van der Waals surface area contributed by atoms with E-state index in [2.05, 4.69) is 4.98 Å². The smallest absolute Gasteiger partial charge is 0.331 e. The Bertz CT molecular complexity index is 879. The van der Waals surface area contributed by atoms with Gasteiger partial charge in [0, 0.05) is 30.0 Å². The molecule has 1 N–H and O–H groups in total.